The Morgan fingerprint density at radius 2 is 1.80 bits per heavy atom. The van der Waals surface area contributed by atoms with E-state index in [0.29, 0.717) is 42.6 Å². The van der Waals surface area contributed by atoms with Crippen LogP contribution in [0.3, 0.4) is 0 Å². The highest BCUT2D eigenvalue weighted by molar-refractivity contribution is 5.61. The molecule has 0 saturated heterocycles. The molecule has 0 aromatic heterocycles. The van der Waals surface area contributed by atoms with Gasteiger partial charge in [-0.3, -0.25) is 4.90 Å². The van der Waals surface area contributed by atoms with Gasteiger partial charge in [0.2, 0.25) is 0 Å². The Labute approximate surface area is 245 Å². The van der Waals surface area contributed by atoms with Crippen LogP contribution in [0.5, 0.6) is 11.5 Å². The molecule has 7 heteroatoms. The van der Waals surface area contributed by atoms with Gasteiger partial charge >= 0.3 is 0 Å². The zero-order valence-corrected chi connectivity index (χ0v) is 25.4. The van der Waals surface area contributed by atoms with Gasteiger partial charge in [0.05, 0.1) is 45.1 Å². The van der Waals surface area contributed by atoms with E-state index in [1.54, 1.807) is 7.11 Å². The highest BCUT2D eigenvalue weighted by Crippen LogP contribution is 2.66. The molecule has 7 atom stereocenters. The third-order valence-corrected chi connectivity index (χ3v) is 11.3. The number of hydrogen-bond acceptors (Lipinski definition) is 7. The Morgan fingerprint density at radius 1 is 1.02 bits per heavy atom. The van der Waals surface area contributed by atoms with Crippen LogP contribution in [-0.2, 0) is 21.4 Å². The molecule has 1 aromatic rings. The maximum atomic E-state index is 10.3. The zero-order chi connectivity index (χ0) is 28.3. The Morgan fingerprint density at radius 3 is 2.56 bits per heavy atom. The van der Waals surface area contributed by atoms with Crippen molar-refractivity contribution < 1.29 is 24.1 Å². The molecular formula is C34H50N2O5. The predicted octanol–water partition coefficient (Wildman–Crippen LogP) is 4.59. The van der Waals surface area contributed by atoms with Crippen LogP contribution in [0.4, 0.5) is 0 Å². The third kappa shape index (κ3) is 5.14. The first-order valence-corrected chi connectivity index (χ1v) is 16.1. The molecule has 2 aliphatic heterocycles. The minimum absolute atomic E-state index is 0.0514. The maximum absolute atomic E-state index is 10.3. The van der Waals surface area contributed by atoms with Gasteiger partial charge < -0.3 is 29.4 Å². The number of benzene rings is 1. The van der Waals surface area contributed by atoms with Crippen LogP contribution in [0.1, 0.15) is 76.3 Å². The largest absolute Gasteiger partial charge is 0.493 e. The van der Waals surface area contributed by atoms with E-state index in [4.69, 9.17) is 18.9 Å². The number of methoxy groups -OCH3 is 1. The summed E-state index contributed by atoms with van der Waals surface area (Å²) in [5.74, 6) is 2.57. The summed E-state index contributed by atoms with van der Waals surface area (Å²) in [7, 11) is 1.70. The summed E-state index contributed by atoms with van der Waals surface area (Å²) in [6, 6.07) is 4.21. The first-order valence-electron chi connectivity index (χ1n) is 16.1. The molecule has 0 amide bonds. The number of ether oxygens (including phenoxy) is 4. The lowest BCUT2D eigenvalue weighted by atomic mass is 9.43. The fourth-order valence-corrected chi connectivity index (χ4v) is 10.7. The van der Waals surface area contributed by atoms with E-state index >= 15 is 0 Å². The number of hydrogen-bond donors (Lipinski definition) is 2. The monoisotopic (exact) mass is 566 g/mol. The summed E-state index contributed by atoms with van der Waals surface area (Å²) >= 11 is 0. The van der Waals surface area contributed by atoms with Gasteiger partial charge in [-0.15, -0.1) is 0 Å². The van der Waals surface area contributed by atoms with Gasteiger partial charge in [0.25, 0.3) is 0 Å². The quantitative estimate of drug-likeness (QED) is 0.300. The molecule has 0 radical (unpaired) electrons. The van der Waals surface area contributed by atoms with Crippen LogP contribution in [-0.4, -0.2) is 80.9 Å². The second-order valence-corrected chi connectivity index (χ2v) is 15.0. The summed E-state index contributed by atoms with van der Waals surface area (Å²) < 4.78 is 24.1. The first-order chi connectivity index (χ1) is 19.7. The van der Waals surface area contributed by atoms with Crippen LogP contribution < -0.4 is 14.8 Å². The molecule has 226 valence electrons. The second-order valence-electron chi connectivity index (χ2n) is 15.0. The number of nitrogens with one attached hydrogen (secondary N) is 1. The molecule has 2 N–H and O–H groups in total. The van der Waals surface area contributed by atoms with E-state index in [-0.39, 0.29) is 11.5 Å². The molecule has 1 spiro atoms. The van der Waals surface area contributed by atoms with E-state index in [0.717, 1.165) is 56.6 Å². The molecule has 7 aliphatic rings. The standard InChI is InChI=1S/C34H50N2O5/c1-31-17-24-18-32(2,21-31)23-33(19-24,22-31)35-9-12-39-14-15-40-13-11-36-10-8-34-7-6-26(37)16-28(34)41-30-27(38-3)5-4-25(20-36)29(30)34/h4-7,24,26,28,35,37H,8-23H2,1-3H3/t24?,26-,28-,31-,32+,33?,34-/m0/s1. The minimum atomic E-state index is -0.454. The van der Waals surface area contributed by atoms with Crippen molar-refractivity contribution in [3.05, 3.63) is 35.4 Å². The fourth-order valence-electron chi connectivity index (χ4n) is 10.7. The van der Waals surface area contributed by atoms with Gasteiger partial charge in [0.15, 0.2) is 11.5 Å². The van der Waals surface area contributed by atoms with E-state index < -0.39 is 6.10 Å². The average Bonchev–Trinajstić information content (AvgIpc) is 3.14. The lowest BCUT2D eigenvalue weighted by Gasteiger charge is -2.65. The van der Waals surface area contributed by atoms with Gasteiger partial charge in [-0.2, -0.15) is 0 Å². The Kier molecular flexibility index (Phi) is 7.22. The Balaban J connectivity index is 0.853. The first kappa shape index (κ1) is 28.1. The van der Waals surface area contributed by atoms with Gasteiger partial charge in [0, 0.05) is 37.2 Å². The van der Waals surface area contributed by atoms with Gasteiger partial charge in [0.1, 0.15) is 6.10 Å². The zero-order valence-electron chi connectivity index (χ0n) is 25.4. The SMILES string of the molecule is COc1ccc2c3c1O[C@H]1C[C@@H](O)C=C[C@@]31CCN(CCOCCOCCNC13CC4C[C@@](C)(C1)C[C@](C)(C4)C3)C2. The molecule has 4 fully saturated rings. The lowest BCUT2D eigenvalue weighted by Crippen LogP contribution is -2.64. The smallest absolute Gasteiger partial charge is 0.166 e. The molecule has 1 aromatic carbocycles. The molecular weight excluding hydrogens is 516 g/mol. The summed E-state index contributed by atoms with van der Waals surface area (Å²) in [4.78, 5) is 2.49. The summed E-state index contributed by atoms with van der Waals surface area (Å²) in [5.41, 5.74) is 3.79. The minimum Gasteiger partial charge on any atom is -0.493 e. The van der Waals surface area contributed by atoms with Gasteiger partial charge in [-0.05, 0) is 79.9 Å². The van der Waals surface area contributed by atoms with Crippen molar-refractivity contribution in [1.82, 2.24) is 10.2 Å². The van der Waals surface area contributed by atoms with Crippen molar-refractivity contribution in [3.63, 3.8) is 0 Å². The van der Waals surface area contributed by atoms with Crippen molar-refractivity contribution >= 4 is 0 Å². The molecule has 5 aliphatic carbocycles. The number of aliphatic hydroxyl groups excluding tert-OH is 1. The molecule has 4 saturated carbocycles. The summed E-state index contributed by atoms with van der Waals surface area (Å²) in [6.45, 7) is 11.5. The summed E-state index contributed by atoms with van der Waals surface area (Å²) in [6.07, 6.45) is 13.6. The molecule has 41 heavy (non-hydrogen) atoms. The van der Waals surface area contributed by atoms with Gasteiger partial charge in [-0.25, -0.2) is 0 Å². The number of aliphatic hydroxyl groups is 1. The second kappa shape index (κ2) is 10.5. The third-order valence-electron chi connectivity index (χ3n) is 11.3. The van der Waals surface area contributed by atoms with Crippen LogP contribution in [0, 0.1) is 16.7 Å². The van der Waals surface area contributed by atoms with E-state index in [1.165, 1.54) is 49.7 Å². The average molecular weight is 567 g/mol. The van der Waals surface area contributed by atoms with E-state index in [9.17, 15) is 5.11 Å². The Hall–Kier alpha value is -1.64. The maximum Gasteiger partial charge on any atom is 0.166 e. The van der Waals surface area contributed by atoms with E-state index in [2.05, 4.69) is 36.2 Å². The molecule has 2 unspecified atom stereocenters. The van der Waals surface area contributed by atoms with Crippen molar-refractivity contribution in [2.45, 2.75) is 94.9 Å². The van der Waals surface area contributed by atoms with Crippen molar-refractivity contribution in [2.75, 3.05) is 53.2 Å². The highest BCUT2D eigenvalue weighted by atomic mass is 16.5. The van der Waals surface area contributed by atoms with Crippen molar-refractivity contribution in [1.29, 1.82) is 0 Å². The lowest BCUT2D eigenvalue weighted by molar-refractivity contribution is -0.118. The van der Waals surface area contributed by atoms with Crippen LogP contribution in [0.15, 0.2) is 24.3 Å². The molecule has 2 heterocycles. The van der Waals surface area contributed by atoms with Crippen molar-refractivity contribution in [2.24, 2.45) is 16.7 Å². The predicted molar refractivity (Wildman–Crippen MR) is 159 cm³/mol. The normalized spacial score (nSPS) is 40.2. The van der Waals surface area contributed by atoms with Crippen LogP contribution in [0.25, 0.3) is 0 Å². The number of nitrogens with zero attached hydrogens (tertiary/aromatic N) is 1. The highest BCUT2D eigenvalue weighted by Gasteiger charge is 2.60. The van der Waals surface area contributed by atoms with Crippen LogP contribution in [0.2, 0.25) is 0 Å². The Bertz CT molecular complexity index is 1150. The topological polar surface area (TPSA) is 72.4 Å². The van der Waals surface area contributed by atoms with E-state index in [1.807, 2.05) is 12.1 Å². The summed E-state index contributed by atoms with van der Waals surface area (Å²) in [5, 5.41) is 14.3. The van der Waals surface area contributed by atoms with Crippen molar-refractivity contribution in [3.8, 4) is 11.5 Å². The number of rotatable bonds is 11. The fraction of sp³-hybridized carbons (Fsp3) is 0.765. The molecule has 7 nitrogen and oxygen atoms in total. The van der Waals surface area contributed by atoms with Gasteiger partial charge in [-0.1, -0.05) is 32.1 Å². The molecule has 4 bridgehead atoms. The molecule has 8 rings (SSSR count). The van der Waals surface area contributed by atoms with Crippen LogP contribution >= 0.6 is 0 Å².